The van der Waals surface area contributed by atoms with E-state index in [1.807, 2.05) is 24.3 Å². The predicted molar refractivity (Wildman–Crippen MR) is 78.6 cm³/mol. The molecule has 5 heteroatoms. The van der Waals surface area contributed by atoms with Crippen LogP contribution in [0.25, 0.3) is 0 Å². The Morgan fingerprint density at radius 1 is 1.30 bits per heavy atom. The number of nitrogen functional groups attached to an aromatic ring is 1. The van der Waals surface area contributed by atoms with Crippen LogP contribution < -0.4 is 11.1 Å². The molecule has 0 fully saturated rings. The molecule has 0 radical (unpaired) electrons. The number of methoxy groups -OCH3 is 1. The molecule has 0 unspecified atom stereocenters. The van der Waals surface area contributed by atoms with Gasteiger partial charge in [0.1, 0.15) is 5.82 Å². The van der Waals surface area contributed by atoms with Gasteiger partial charge in [-0.15, -0.1) is 0 Å². The molecule has 0 bridgehead atoms. The second kappa shape index (κ2) is 6.68. The van der Waals surface area contributed by atoms with Crippen LogP contribution >= 0.6 is 0 Å². The van der Waals surface area contributed by atoms with Crippen molar-refractivity contribution in [2.75, 3.05) is 24.8 Å². The molecule has 0 aliphatic carbocycles. The van der Waals surface area contributed by atoms with E-state index in [0.717, 1.165) is 17.7 Å². The molecule has 1 heterocycles. The molecule has 0 aliphatic rings. The Bertz CT molecular complexity index is 599. The van der Waals surface area contributed by atoms with Crippen LogP contribution in [0, 0.1) is 0 Å². The third-order valence-corrected chi connectivity index (χ3v) is 2.92. The van der Waals surface area contributed by atoms with E-state index in [1.54, 1.807) is 25.4 Å². The number of nitrogens with zero attached hydrogens (tertiary/aromatic N) is 1. The summed E-state index contributed by atoms with van der Waals surface area (Å²) in [5, 5.41) is 2.86. The van der Waals surface area contributed by atoms with E-state index in [-0.39, 0.29) is 11.7 Å². The number of hydrogen-bond acceptors (Lipinski definition) is 4. The average molecular weight is 271 g/mol. The molecule has 2 aromatic rings. The summed E-state index contributed by atoms with van der Waals surface area (Å²) in [4.78, 5) is 16.1. The molecule has 5 nitrogen and oxygen atoms in total. The Balaban J connectivity index is 2.18. The van der Waals surface area contributed by atoms with Gasteiger partial charge in [0.2, 0.25) is 0 Å². The smallest absolute Gasteiger partial charge is 0.259 e. The first-order chi connectivity index (χ1) is 9.72. The van der Waals surface area contributed by atoms with Gasteiger partial charge in [0.05, 0.1) is 12.2 Å². The zero-order valence-corrected chi connectivity index (χ0v) is 11.3. The van der Waals surface area contributed by atoms with Crippen molar-refractivity contribution in [3.05, 3.63) is 53.7 Å². The minimum atomic E-state index is -0.263. The summed E-state index contributed by atoms with van der Waals surface area (Å²) < 4.78 is 5.07. The molecule has 1 aromatic heterocycles. The fourth-order valence-electron chi connectivity index (χ4n) is 1.87. The number of carbonyl (C=O) groups is 1. The van der Waals surface area contributed by atoms with Gasteiger partial charge in [-0.2, -0.15) is 0 Å². The minimum absolute atomic E-state index is 0.222. The minimum Gasteiger partial charge on any atom is -0.384 e. The number of hydrogen-bond donors (Lipinski definition) is 2. The fraction of sp³-hybridized carbons (Fsp3) is 0.200. The molecule has 3 N–H and O–H groups in total. The summed E-state index contributed by atoms with van der Waals surface area (Å²) in [6, 6.07) is 11.0. The highest BCUT2D eigenvalue weighted by molar-refractivity contribution is 6.07. The van der Waals surface area contributed by atoms with Crippen LogP contribution in [0.2, 0.25) is 0 Å². The summed E-state index contributed by atoms with van der Waals surface area (Å²) in [5.41, 5.74) is 7.85. The number of rotatable bonds is 5. The van der Waals surface area contributed by atoms with Crippen molar-refractivity contribution in [1.82, 2.24) is 4.98 Å². The van der Waals surface area contributed by atoms with Crippen LogP contribution in [-0.2, 0) is 11.2 Å². The summed E-state index contributed by atoms with van der Waals surface area (Å²) in [7, 11) is 1.65. The number of aromatic nitrogens is 1. The quantitative estimate of drug-likeness (QED) is 0.873. The van der Waals surface area contributed by atoms with Crippen molar-refractivity contribution in [1.29, 1.82) is 0 Å². The monoisotopic (exact) mass is 271 g/mol. The van der Waals surface area contributed by atoms with Crippen molar-refractivity contribution < 1.29 is 9.53 Å². The highest BCUT2D eigenvalue weighted by Gasteiger charge is 2.11. The number of carbonyl (C=O) groups excluding carboxylic acids is 1. The Kier molecular flexibility index (Phi) is 4.68. The Labute approximate surface area is 117 Å². The Morgan fingerprint density at radius 3 is 2.85 bits per heavy atom. The van der Waals surface area contributed by atoms with Crippen LogP contribution in [0.4, 0.5) is 11.5 Å². The largest absolute Gasteiger partial charge is 0.384 e. The van der Waals surface area contributed by atoms with Crippen molar-refractivity contribution in [2.24, 2.45) is 0 Å². The van der Waals surface area contributed by atoms with E-state index in [2.05, 4.69) is 10.3 Å². The van der Waals surface area contributed by atoms with Crippen LogP contribution in [0.15, 0.2) is 42.6 Å². The normalized spacial score (nSPS) is 10.2. The molecule has 0 aliphatic heterocycles. The highest BCUT2D eigenvalue weighted by atomic mass is 16.5. The van der Waals surface area contributed by atoms with E-state index in [1.165, 1.54) is 0 Å². The first-order valence-corrected chi connectivity index (χ1v) is 6.31. The molecule has 0 atom stereocenters. The zero-order valence-electron chi connectivity index (χ0n) is 11.3. The molecule has 0 spiro atoms. The lowest BCUT2D eigenvalue weighted by Gasteiger charge is -2.11. The third kappa shape index (κ3) is 3.33. The molecule has 20 heavy (non-hydrogen) atoms. The number of amides is 1. The maximum absolute atomic E-state index is 12.2. The number of benzene rings is 1. The first-order valence-electron chi connectivity index (χ1n) is 6.31. The van der Waals surface area contributed by atoms with Gasteiger partial charge in [0.25, 0.3) is 5.91 Å². The maximum atomic E-state index is 12.2. The van der Waals surface area contributed by atoms with E-state index >= 15 is 0 Å². The van der Waals surface area contributed by atoms with Crippen molar-refractivity contribution in [3.8, 4) is 0 Å². The number of ether oxygens (including phenoxy) is 1. The molecule has 1 aromatic carbocycles. The van der Waals surface area contributed by atoms with Crippen molar-refractivity contribution in [3.63, 3.8) is 0 Å². The maximum Gasteiger partial charge on any atom is 0.259 e. The molecule has 0 saturated heterocycles. The lowest BCUT2D eigenvalue weighted by molar-refractivity contribution is 0.102. The van der Waals surface area contributed by atoms with E-state index in [4.69, 9.17) is 10.5 Å². The Hall–Kier alpha value is -2.40. The lowest BCUT2D eigenvalue weighted by atomic mass is 10.1. The van der Waals surface area contributed by atoms with Gasteiger partial charge < -0.3 is 15.8 Å². The van der Waals surface area contributed by atoms with Gasteiger partial charge in [-0.1, -0.05) is 18.2 Å². The Morgan fingerprint density at radius 2 is 2.10 bits per heavy atom. The number of nitrogens with two attached hydrogens (primary N) is 1. The van der Waals surface area contributed by atoms with Crippen molar-refractivity contribution in [2.45, 2.75) is 6.42 Å². The first kappa shape index (κ1) is 14.0. The number of nitrogens with one attached hydrogen (secondary N) is 1. The molecule has 1 amide bonds. The van der Waals surface area contributed by atoms with E-state index in [9.17, 15) is 4.79 Å². The summed E-state index contributed by atoms with van der Waals surface area (Å²) >= 11 is 0. The summed E-state index contributed by atoms with van der Waals surface area (Å²) in [5.74, 6) is -0.0418. The molecular weight excluding hydrogens is 254 g/mol. The van der Waals surface area contributed by atoms with Gasteiger partial charge in [0.15, 0.2) is 0 Å². The molecule has 104 valence electrons. The lowest BCUT2D eigenvalue weighted by Crippen LogP contribution is -2.16. The van der Waals surface area contributed by atoms with Crippen LogP contribution in [0.1, 0.15) is 15.9 Å². The fourth-order valence-corrected chi connectivity index (χ4v) is 1.87. The zero-order chi connectivity index (χ0) is 14.4. The molecule has 2 rings (SSSR count). The van der Waals surface area contributed by atoms with Gasteiger partial charge in [-0.25, -0.2) is 4.98 Å². The summed E-state index contributed by atoms with van der Waals surface area (Å²) in [6.45, 7) is 0.599. The van der Waals surface area contributed by atoms with E-state index in [0.29, 0.717) is 12.2 Å². The van der Waals surface area contributed by atoms with Crippen molar-refractivity contribution >= 4 is 17.4 Å². The number of para-hydroxylation sites is 1. The average Bonchev–Trinajstić information content (AvgIpc) is 2.46. The standard InChI is InChI=1S/C15H17N3O2/c1-20-10-8-11-5-2-3-7-13(11)18-15(19)12-6-4-9-17-14(12)16/h2-7,9H,8,10H2,1H3,(H2,16,17)(H,18,19). The van der Waals surface area contributed by atoms with Gasteiger partial charge in [-0.3, -0.25) is 4.79 Å². The second-order valence-corrected chi connectivity index (χ2v) is 4.29. The highest BCUT2D eigenvalue weighted by Crippen LogP contribution is 2.18. The second-order valence-electron chi connectivity index (χ2n) is 4.29. The third-order valence-electron chi connectivity index (χ3n) is 2.92. The van der Waals surface area contributed by atoms with Crippen LogP contribution in [0.5, 0.6) is 0 Å². The number of pyridine rings is 1. The van der Waals surface area contributed by atoms with Gasteiger partial charge in [0, 0.05) is 19.0 Å². The molecule has 0 saturated carbocycles. The molecular formula is C15H17N3O2. The van der Waals surface area contributed by atoms with Crippen LogP contribution in [0.3, 0.4) is 0 Å². The number of anilines is 2. The summed E-state index contributed by atoms with van der Waals surface area (Å²) in [6.07, 6.45) is 2.29. The van der Waals surface area contributed by atoms with Gasteiger partial charge >= 0.3 is 0 Å². The SMILES string of the molecule is COCCc1ccccc1NC(=O)c1cccnc1N. The topological polar surface area (TPSA) is 77.2 Å². The van der Waals surface area contributed by atoms with E-state index < -0.39 is 0 Å². The van der Waals surface area contributed by atoms with Gasteiger partial charge in [-0.05, 0) is 30.2 Å². The predicted octanol–water partition coefficient (Wildman–Crippen LogP) is 2.10. The van der Waals surface area contributed by atoms with Crippen LogP contribution in [-0.4, -0.2) is 24.6 Å².